The standard InChI is InChI=1S/C12H15N3O5S/c16-12(17)20-15-6-8-5-13-11(14-10(8)7-15)21(18,19)9-3-1-2-4-9/h5,9H,1-4,6-7H2,(H,16,17). The van der Waals surface area contributed by atoms with Crippen LogP contribution in [0.3, 0.4) is 0 Å². The van der Waals surface area contributed by atoms with Gasteiger partial charge < -0.3 is 9.94 Å². The van der Waals surface area contributed by atoms with Crippen molar-refractivity contribution < 1.29 is 23.2 Å². The lowest BCUT2D eigenvalue weighted by Gasteiger charge is -2.10. The molecule has 0 bridgehead atoms. The number of fused-ring (bicyclic) bond motifs is 1. The summed E-state index contributed by atoms with van der Waals surface area (Å²) in [6.45, 7) is 0.364. The van der Waals surface area contributed by atoms with Gasteiger partial charge in [-0.1, -0.05) is 12.8 Å². The highest BCUT2D eigenvalue weighted by Gasteiger charge is 2.34. The van der Waals surface area contributed by atoms with Gasteiger partial charge in [0.2, 0.25) is 15.0 Å². The fraction of sp³-hybridized carbons (Fsp3) is 0.583. The maximum atomic E-state index is 12.4. The highest BCUT2D eigenvalue weighted by Crippen LogP contribution is 2.29. The Labute approximate surface area is 121 Å². The lowest BCUT2D eigenvalue weighted by Crippen LogP contribution is -2.21. The molecule has 3 rings (SSSR count). The van der Waals surface area contributed by atoms with Gasteiger partial charge in [0.15, 0.2) is 0 Å². The van der Waals surface area contributed by atoms with E-state index in [1.165, 1.54) is 11.3 Å². The van der Waals surface area contributed by atoms with Crippen molar-refractivity contribution in [3.8, 4) is 0 Å². The van der Waals surface area contributed by atoms with Crippen LogP contribution in [-0.4, -0.2) is 40.0 Å². The average Bonchev–Trinajstić information content (AvgIpc) is 3.05. The molecule has 0 spiro atoms. The number of sulfone groups is 1. The predicted octanol–water partition coefficient (Wildman–Crippen LogP) is 1.12. The van der Waals surface area contributed by atoms with Crippen molar-refractivity contribution >= 4 is 16.0 Å². The first-order valence-corrected chi connectivity index (χ1v) is 8.26. The van der Waals surface area contributed by atoms with E-state index in [0.29, 0.717) is 24.1 Å². The first kappa shape index (κ1) is 14.2. The van der Waals surface area contributed by atoms with Crippen molar-refractivity contribution in [1.29, 1.82) is 0 Å². The van der Waals surface area contributed by atoms with Crippen LogP contribution in [0.15, 0.2) is 11.4 Å². The van der Waals surface area contributed by atoms with Gasteiger partial charge in [-0.3, -0.25) is 0 Å². The summed E-state index contributed by atoms with van der Waals surface area (Å²) in [5.41, 5.74) is 1.18. The molecular formula is C12H15N3O5S. The van der Waals surface area contributed by atoms with Crippen LogP contribution in [0.1, 0.15) is 36.9 Å². The molecule has 8 nitrogen and oxygen atoms in total. The third-order valence-corrected chi connectivity index (χ3v) is 5.86. The highest BCUT2D eigenvalue weighted by atomic mass is 32.2. The molecule has 0 saturated heterocycles. The Morgan fingerprint density at radius 2 is 2.05 bits per heavy atom. The van der Waals surface area contributed by atoms with Gasteiger partial charge in [0.05, 0.1) is 24.0 Å². The largest absolute Gasteiger partial charge is 0.525 e. The van der Waals surface area contributed by atoms with Crippen LogP contribution in [-0.2, 0) is 27.8 Å². The maximum Gasteiger partial charge on any atom is 0.525 e. The summed E-state index contributed by atoms with van der Waals surface area (Å²) in [4.78, 5) is 23.1. The second kappa shape index (κ2) is 5.23. The van der Waals surface area contributed by atoms with E-state index in [1.807, 2.05) is 0 Å². The van der Waals surface area contributed by atoms with Gasteiger partial charge in [-0.15, -0.1) is 5.06 Å². The van der Waals surface area contributed by atoms with Gasteiger partial charge >= 0.3 is 6.16 Å². The van der Waals surface area contributed by atoms with Crippen LogP contribution >= 0.6 is 0 Å². The van der Waals surface area contributed by atoms with E-state index in [2.05, 4.69) is 14.8 Å². The molecule has 0 atom stereocenters. The van der Waals surface area contributed by atoms with Gasteiger partial charge in [0.1, 0.15) is 0 Å². The predicted molar refractivity (Wildman–Crippen MR) is 69.8 cm³/mol. The number of rotatable bonds is 3. The summed E-state index contributed by atoms with van der Waals surface area (Å²) in [5, 5.41) is 9.23. The van der Waals surface area contributed by atoms with E-state index >= 15 is 0 Å². The number of hydrogen-bond acceptors (Lipinski definition) is 7. The fourth-order valence-electron chi connectivity index (χ4n) is 2.77. The first-order valence-electron chi connectivity index (χ1n) is 6.71. The van der Waals surface area contributed by atoms with Gasteiger partial charge in [-0.2, -0.15) is 0 Å². The van der Waals surface area contributed by atoms with Crippen LogP contribution < -0.4 is 0 Å². The Morgan fingerprint density at radius 1 is 1.33 bits per heavy atom. The van der Waals surface area contributed by atoms with Crippen LogP contribution in [0, 0.1) is 0 Å². The minimum atomic E-state index is -3.50. The second-order valence-corrected chi connectivity index (χ2v) is 7.35. The van der Waals surface area contributed by atoms with Crippen LogP contribution in [0.25, 0.3) is 0 Å². The van der Waals surface area contributed by atoms with Crippen molar-refractivity contribution in [3.63, 3.8) is 0 Å². The molecule has 1 aromatic heterocycles. The van der Waals surface area contributed by atoms with Crippen molar-refractivity contribution in [3.05, 3.63) is 17.5 Å². The third kappa shape index (κ3) is 2.70. The van der Waals surface area contributed by atoms with Crippen molar-refractivity contribution in [2.45, 2.75) is 49.2 Å². The SMILES string of the molecule is O=C(O)ON1Cc2cnc(S(=O)(=O)C3CCCC3)nc2C1. The summed E-state index contributed by atoms with van der Waals surface area (Å²) in [5.74, 6) is 0. The van der Waals surface area contributed by atoms with Gasteiger partial charge in [-0.25, -0.2) is 23.2 Å². The molecule has 1 aromatic rings. The van der Waals surface area contributed by atoms with E-state index in [4.69, 9.17) is 5.11 Å². The van der Waals surface area contributed by atoms with Crippen LogP contribution in [0.2, 0.25) is 0 Å². The Kier molecular flexibility index (Phi) is 3.54. The zero-order valence-corrected chi connectivity index (χ0v) is 12.0. The quantitative estimate of drug-likeness (QED) is 0.827. The molecule has 2 aliphatic rings. The molecular weight excluding hydrogens is 298 g/mol. The van der Waals surface area contributed by atoms with Crippen molar-refractivity contribution in [1.82, 2.24) is 15.0 Å². The van der Waals surface area contributed by atoms with E-state index < -0.39 is 21.2 Å². The van der Waals surface area contributed by atoms with Gasteiger partial charge in [0.25, 0.3) is 0 Å². The molecule has 21 heavy (non-hydrogen) atoms. The Balaban J connectivity index is 1.83. The normalized spacial score (nSPS) is 19.6. The number of carboxylic acid groups (broad SMARTS) is 1. The van der Waals surface area contributed by atoms with E-state index in [1.54, 1.807) is 0 Å². The Hall–Kier alpha value is -1.74. The second-order valence-electron chi connectivity index (χ2n) is 5.23. The minimum absolute atomic E-state index is 0.136. The zero-order chi connectivity index (χ0) is 15.0. The van der Waals surface area contributed by atoms with Crippen molar-refractivity contribution in [2.24, 2.45) is 0 Å². The van der Waals surface area contributed by atoms with Crippen LogP contribution in [0.5, 0.6) is 0 Å². The molecule has 2 heterocycles. The molecule has 1 fully saturated rings. The number of nitrogens with zero attached hydrogens (tertiary/aromatic N) is 3. The van der Waals surface area contributed by atoms with E-state index in [0.717, 1.165) is 12.8 Å². The van der Waals surface area contributed by atoms with Gasteiger partial charge in [0, 0.05) is 11.8 Å². The molecule has 0 unspecified atom stereocenters. The third-order valence-electron chi connectivity index (χ3n) is 3.81. The number of carbonyl (C=O) groups is 1. The topological polar surface area (TPSA) is 110 Å². The Bertz CT molecular complexity index is 669. The summed E-state index contributed by atoms with van der Waals surface area (Å²) in [6.07, 6.45) is 3.16. The number of hydrogen-bond donors (Lipinski definition) is 1. The number of aromatic nitrogens is 2. The number of hydroxylamine groups is 2. The molecule has 0 amide bonds. The zero-order valence-electron chi connectivity index (χ0n) is 11.2. The molecule has 1 saturated carbocycles. The van der Waals surface area contributed by atoms with Crippen molar-refractivity contribution in [2.75, 3.05) is 0 Å². The molecule has 1 aliphatic heterocycles. The first-order chi connectivity index (χ1) is 9.96. The molecule has 114 valence electrons. The van der Waals surface area contributed by atoms with Gasteiger partial charge in [-0.05, 0) is 12.8 Å². The Morgan fingerprint density at radius 3 is 2.71 bits per heavy atom. The summed E-state index contributed by atoms with van der Waals surface area (Å²) in [6, 6.07) is 0. The monoisotopic (exact) mass is 313 g/mol. The molecule has 9 heteroatoms. The summed E-state index contributed by atoms with van der Waals surface area (Å²) < 4.78 is 24.9. The lowest BCUT2D eigenvalue weighted by molar-refractivity contribution is -0.125. The lowest BCUT2D eigenvalue weighted by atomic mass is 10.3. The molecule has 0 radical (unpaired) electrons. The van der Waals surface area contributed by atoms with E-state index in [9.17, 15) is 13.2 Å². The highest BCUT2D eigenvalue weighted by molar-refractivity contribution is 7.91. The molecule has 1 N–H and O–H groups in total. The molecule has 1 aliphatic carbocycles. The fourth-order valence-corrected chi connectivity index (χ4v) is 4.45. The average molecular weight is 313 g/mol. The van der Waals surface area contributed by atoms with E-state index in [-0.39, 0.29) is 18.2 Å². The summed E-state index contributed by atoms with van der Waals surface area (Å²) >= 11 is 0. The maximum absolute atomic E-state index is 12.4. The molecule has 0 aromatic carbocycles. The van der Waals surface area contributed by atoms with Crippen LogP contribution in [0.4, 0.5) is 4.79 Å². The smallest absolute Gasteiger partial charge is 0.448 e. The minimum Gasteiger partial charge on any atom is -0.448 e. The summed E-state index contributed by atoms with van der Waals surface area (Å²) in [7, 11) is -3.50.